The lowest BCUT2D eigenvalue weighted by Gasteiger charge is -2.38. The number of hydrogen-bond acceptors (Lipinski definition) is 12. The SMILES string of the molecule is CN(C(=O)c1cnn2ccc(N3CCOCC3)nc12)c1cn([C@H]2CC[C@H](CN3CCN(Cc4ccc(COc5cccc6c5CN(C5CCC(=O)NC5=O)C6=O)cc4)CC3)CC2)nc1C(F)F. The lowest BCUT2D eigenvalue weighted by Crippen LogP contribution is -2.52. The van der Waals surface area contributed by atoms with Crippen LogP contribution < -0.4 is 19.9 Å². The second-order valence-electron chi connectivity index (χ2n) is 18.3. The number of benzene rings is 2. The lowest BCUT2D eigenvalue weighted by atomic mass is 9.85. The minimum atomic E-state index is -2.85. The van der Waals surface area contributed by atoms with Gasteiger partial charge in [0.1, 0.15) is 29.8 Å². The van der Waals surface area contributed by atoms with Crippen LogP contribution in [0.5, 0.6) is 5.75 Å². The molecule has 4 fully saturated rings. The van der Waals surface area contributed by atoms with Crippen LogP contribution in [0, 0.1) is 5.92 Å². The van der Waals surface area contributed by atoms with Crippen molar-refractivity contribution in [3.63, 3.8) is 0 Å². The van der Waals surface area contributed by atoms with Gasteiger partial charge in [-0.3, -0.25) is 34.1 Å². The number of hydrogen-bond donors (Lipinski definition) is 1. The van der Waals surface area contributed by atoms with Gasteiger partial charge in [0.15, 0.2) is 11.3 Å². The number of fused-ring (bicyclic) bond motifs is 2. The molecule has 67 heavy (non-hydrogen) atoms. The molecule has 1 saturated carbocycles. The monoisotopic (exact) mass is 919 g/mol. The van der Waals surface area contributed by atoms with Crippen molar-refractivity contribution in [2.45, 2.75) is 76.7 Å². The number of rotatable bonds is 13. The number of nitrogens with zero attached hydrogens (tertiary/aromatic N) is 10. The summed E-state index contributed by atoms with van der Waals surface area (Å²) in [7, 11) is 1.50. The standard InChI is InChI=1S/C48H55F2N11O6/c1-55(47(64)36-25-51-60-16-15-41(52-45(36)60)58-21-23-66-24-22-58)39-29-61(54-43(39)44(49)50)34-11-9-32(10-12-34)27-57-19-17-56(18-20-57)26-31-5-7-33(8-6-31)30-67-40-4-2-3-35-37(40)28-59(48(35)65)38-13-14-42(62)53-46(38)63/h2-8,15-16,25,29,32,34,38,44H,9-14,17-24,26-28,30H2,1H3,(H,53,62,63)/t32-,34-,38?. The molecule has 0 spiro atoms. The van der Waals surface area contributed by atoms with Gasteiger partial charge in [-0.1, -0.05) is 30.3 Å². The van der Waals surface area contributed by atoms with E-state index in [4.69, 9.17) is 14.5 Å². The molecule has 19 heteroatoms. The third-order valence-electron chi connectivity index (χ3n) is 14.1. The third kappa shape index (κ3) is 9.36. The van der Waals surface area contributed by atoms with Gasteiger partial charge in [0.25, 0.3) is 18.2 Å². The maximum Gasteiger partial charge on any atom is 0.284 e. The summed E-state index contributed by atoms with van der Waals surface area (Å²) in [5.74, 6) is 0.372. The molecule has 17 nitrogen and oxygen atoms in total. The summed E-state index contributed by atoms with van der Waals surface area (Å²) in [6.07, 6.45) is 6.04. The van der Waals surface area contributed by atoms with Gasteiger partial charge >= 0.3 is 0 Å². The Morgan fingerprint density at radius 1 is 0.925 bits per heavy atom. The second-order valence-corrected chi connectivity index (χ2v) is 18.3. The molecule has 7 heterocycles. The molecule has 1 aliphatic carbocycles. The van der Waals surface area contributed by atoms with Gasteiger partial charge in [0.2, 0.25) is 11.8 Å². The molecule has 4 amide bonds. The van der Waals surface area contributed by atoms with Crippen LogP contribution in [0.2, 0.25) is 0 Å². The van der Waals surface area contributed by atoms with Crippen LogP contribution >= 0.6 is 0 Å². The maximum absolute atomic E-state index is 14.5. The Bertz CT molecular complexity index is 2630. The quantitative estimate of drug-likeness (QED) is 0.160. The predicted octanol–water partition coefficient (Wildman–Crippen LogP) is 4.87. The van der Waals surface area contributed by atoms with Gasteiger partial charge in [-0.05, 0) is 67.3 Å². The summed E-state index contributed by atoms with van der Waals surface area (Å²) in [4.78, 5) is 65.8. The van der Waals surface area contributed by atoms with E-state index in [-0.39, 0.29) is 42.1 Å². The number of alkyl halides is 2. The Labute approximate surface area is 386 Å². The van der Waals surface area contributed by atoms with E-state index in [9.17, 15) is 28.0 Å². The van der Waals surface area contributed by atoms with Gasteiger partial charge in [0.05, 0.1) is 37.7 Å². The summed E-state index contributed by atoms with van der Waals surface area (Å²) in [6, 6.07) is 14.9. The summed E-state index contributed by atoms with van der Waals surface area (Å²) >= 11 is 0. The fourth-order valence-electron chi connectivity index (χ4n) is 10.2. The summed E-state index contributed by atoms with van der Waals surface area (Å²) in [5.41, 5.74) is 3.77. The van der Waals surface area contributed by atoms with E-state index in [0.717, 1.165) is 76.1 Å². The summed E-state index contributed by atoms with van der Waals surface area (Å²) in [6.45, 7) is 8.88. The number of carbonyl (C=O) groups is 4. The van der Waals surface area contributed by atoms with Crippen molar-refractivity contribution < 1.29 is 37.4 Å². The molecule has 4 aliphatic heterocycles. The minimum Gasteiger partial charge on any atom is -0.489 e. The first kappa shape index (κ1) is 44.5. The van der Waals surface area contributed by atoms with Crippen LogP contribution in [0.4, 0.5) is 20.3 Å². The van der Waals surface area contributed by atoms with Gasteiger partial charge < -0.3 is 29.1 Å². The topological polar surface area (TPSA) is 163 Å². The first-order valence-corrected chi connectivity index (χ1v) is 23.3. The molecule has 0 bridgehead atoms. The van der Waals surface area contributed by atoms with Crippen molar-refractivity contribution in [2.24, 2.45) is 5.92 Å². The molecule has 352 valence electrons. The minimum absolute atomic E-state index is 0.0296. The van der Waals surface area contributed by atoms with Crippen LogP contribution in [0.15, 0.2) is 67.1 Å². The van der Waals surface area contributed by atoms with E-state index in [1.165, 1.54) is 33.1 Å². The maximum atomic E-state index is 14.5. The number of piperidine rings is 1. The van der Waals surface area contributed by atoms with Crippen molar-refractivity contribution in [1.82, 2.24) is 44.4 Å². The van der Waals surface area contributed by atoms with E-state index in [0.29, 0.717) is 68.0 Å². The van der Waals surface area contributed by atoms with E-state index in [1.807, 2.05) is 12.1 Å². The first-order valence-electron chi connectivity index (χ1n) is 23.3. The molecule has 10 rings (SSSR count). The fourth-order valence-corrected chi connectivity index (χ4v) is 10.2. The zero-order chi connectivity index (χ0) is 46.2. The molecular weight excluding hydrogens is 865 g/mol. The molecule has 5 aromatic rings. The van der Waals surface area contributed by atoms with Gasteiger partial charge in [-0.2, -0.15) is 10.2 Å². The summed E-state index contributed by atoms with van der Waals surface area (Å²) < 4.78 is 43.8. The number of piperazine rings is 1. The average molecular weight is 920 g/mol. The second kappa shape index (κ2) is 19.1. The van der Waals surface area contributed by atoms with Crippen molar-refractivity contribution in [2.75, 3.05) is 75.9 Å². The van der Waals surface area contributed by atoms with Crippen LogP contribution in [0.25, 0.3) is 5.65 Å². The number of aromatic nitrogens is 5. The van der Waals surface area contributed by atoms with Crippen molar-refractivity contribution in [3.8, 4) is 5.75 Å². The van der Waals surface area contributed by atoms with Gasteiger partial charge in [-0.15, -0.1) is 0 Å². The summed E-state index contributed by atoms with van der Waals surface area (Å²) in [5, 5.41) is 11.0. The molecule has 3 saturated heterocycles. The molecule has 3 aromatic heterocycles. The first-order chi connectivity index (χ1) is 32.6. The number of amides is 4. The predicted molar refractivity (Wildman–Crippen MR) is 242 cm³/mol. The highest BCUT2D eigenvalue weighted by Crippen LogP contribution is 2.37. The zero-order valence-electron chi connectivity index (χ0n) is 37.6. The molecule has 1 atom stereocenters. The van der Waals surface area contributed by atoms with Crippen molar-refractivity contribution in [1.29, 1.82) is 0 Å². The van der Waals surface area contributed by atoms with Crippen LogP contribution in [-0.2, 0) is 34.0 Å². The van der Waals surface area contributed by atoms with E-state index in [2.05, 4.69) is 54.5 Å². The zero-order valence-corrected chi connectivity index (χ0v) is 37.6. The number of imide groups is 1. The van der Waals surface area contributed by atoms with Crippen molar-refractivity contribution >= 4 is 40.8 Å². The molecule has 2 aromatic carbocycles. The van der Waals surface area contributed by atoms with Crippen LogP contribution in [-0.4, -0.2) is 135 Å². The Kier molecular flexibility index (Phi) is 12.7. The normalized spacial score (nSPS) is 21.9. The smallest absolute Gasteiger partial charge is 0.284 e. The largest absolute Gasteiger partial charge is 0.489 e. The molecule has 0 radical (unpaired) electrons. The number of ether oxygens (including phenoxy) is 2. The number of nitrogens with one attached hydrogen (secondary N) is 1. The van der Waals surface area contributed by atoms with E-state index < -0.39 is 30.0 Å². The highest BCUT2D eigenvalue weighted by Gasteiger charge is 2.40. The fraction of sp³-hybridized carbons (Fsp3) is 0.479. The van der Waals surface area contributed by atoms with Crippen molar-refractivity contribution in [3.05, 3.63) is 101 Å². The molecular formula is C48H55F2N11O6. The number of morpholine rings is 1. The molecule has 1 unspecified atom stereocenters. The number of halogens is 2. The Balaban J connectivity index is 0.678. The lowest BCUT2D eigenvalue weighted by molar-refractivity contribution is -0.136. The number of anilines is 2. The highest BCUT2D eigenvalue weighted by atomic mass is 19.3. The Morgan fingerprint density at radius 2 is 1.67 bits per heavy atom. The Hall–Kier alpha value is -6.31. The molecule has 5 aliphatic rings. The van der Waals surface area contributed by atoms with E-state index >= 15 is 0 Å². The average Bonchev–Trinajstić information content (AvgIpc) is 4.08. The third-order valence-corrected chi connectivity index (χ3v) is 14.1. The van der Waals surface area contributed by atoms with Gasteiger partial charge in [-0.25, -0.2) is 18.3 Å². The molecule has 1 N–H and O–H groups in total. The highest BCUT2D eigenvalue weighted by molar-refractivity contribution is 6.09. The number of carbonyl (C=O) groups excluding carboxylic acids is 4. The van der Waals surface area contributed by atoms with Gasteiger partial charge in [0, 0.05) is 89.3 Å². The Morgan fingerprint density at radius 3 is 2.42 bits per heavy atom. The van der Waals surface area contributed by atoms with Crippen LogP contribution in [0.3, 0.4) is 0 Å². The van der Waals surface area contributed by atoms with E-state index in [1.54, 1.807) is 29.2 Å². The van der Waals surface area contributed by atoms with Crippen LogP contribution in [0.1, 0.15) is 94.1 Å².